The van der Waals surface area contributed by atoms with Gasteiger partial charge in [-0.2, -0.15) is 0 Å². The van der Waals surface area contributed by atoms with Crippen molar-refractivity contribution in [3.63, 3.8) is 0 Å². The van der Waals surface area contributed by atoms with Gasteiger partial charge in [0.25, 0.3) is 5.56 Å². The lowest BCUT2D eigenvalue weighted by Gasteiger charge is -2.39. The Bertz CT molecular complexity index is 1710. The number of aryl methyl sites for hydroxylation is 2. The SMILES string of the molecule is Cc1cc(C)c2cc(C(c3nnnn3Cc3ccc(F)cc3)N3CCN(c4ccc(F)cc4)CC3)c(=O)[nH]c2c1. The molecule has 1 aliphatic heterocycles. The van der Waals surface area contributed by atoms with Gasteiger partial charge in [0, 0.05) is 48.3 Å². The number of nitrogens with one attached hydrogen (secondary N) is 1. The molecule has 0 saturated carbocycles. The fourth-order valence-corrected chi connectivity index (χ4v) is 5.56. The molecule has 204 valence electrons. The number of rotatable bonds is 6. The van der Waals surface area contributed by atoms with E-state index in [1.807, 2.05) is 26.0 Å². The normalized spacial score (nSPS) is 15.1. The molecule has 1 atom stereocenters. The van der Waals surface area contributed by atoms with Crippen LogP contribution in [0.1, 0.15) is 34.1 Å². The monoisotopic (exact) mass is 541 g/mol. The number of hydrogen-bond acceptors (Lipinski definition) is 6. The third-order valence-electron chi connectivity index (χ3n) is 7.56. The molecular formula is C30H29F2N7O. The number of H-pyrrole nitrogens is 1. The fourth-order valence-electron chi connectivity index (χ4n) is 5.56. The van der Waals surface area contributed by atoms with Crippen molar-refractivity contribution in [1.82, 2.24) is 30.1 Å². The molecule has 1 aliphatic rings. The van der Waals surface area contributed by atoms with Gasteiger partial charge in [-0.15, -0.1) is 5.10 Å². The van der Waals surface area contributed by atoms with Crippen molar-refractivity contribution in [3.05, 3.63) is 117 Å². The summed E-state index contributed by atoms with van der Waals surface area (Å²) in [6.07, 6.45) is 0. The molecule has 8 nitrogen and oxygen atoms in total. The van der Waals surface area contributed by atoms with E-state index in [9.17, 15) is 13.6 Å². The minimum absolute atomic E-state index is 0.195. The molecule has 1 N–H and O–H groups in total. The molecule has 5 aromatic rings. The van der Waals surface area contributed by atoms with Crippen LogP contribution in [-0.2, 0) is 6.54 Å². The average molecular weight is 542 g/mol. The smallest absolute Gasteiger partial charge is 0.253 e. The van der Waals surface area contributed by atoms with Gasteiger partial charge in [0.05, 0.1) is 6.54 Å². The Morgan fingerprint density at radius 2 is 1.57 bits per heavy atom. The summed E-state index contributed by atoms with van der Waals surface area (Å²) in [6.45, 7) is 7.01. The third kappa shape index (κ3) is 5.10. The van der Waals surface area contributed by atoms with Crippen LogP contribution in [0.15, 0.2) is 71.5 Å². The van der Waals surface area contributed by atoms with Crippen molar-refractivity contribution in [2.75, 3.05) is 31.1 Å². The zero-order valence-corrected chi connectivity index (χ0v) is 22.3. The first-order valence-electron chi connectivity index (χ1n) is 13.2. The van der Waals surface area contributed by atoms with Crippen molar-refractivity contribution in [1.29, 1.82) is 0 Å². The average Bonchev–Trinajstić information content (AvgIpc) is 3.39. The maximum atomic E-state index is 13.6. The molecule has 3 heterocycles. The Morgan fingerprint density at radius 1 is 0.900 bits per heavy atom. The number of hydrogen-bond donors (Lipinski definition) is 1. The van der Waals surface area contributed by atoms with Crippen molar-refractivity contribution in [3.8, 4) is 0 Å². The lowest BCUT2D eigenvalue weighted by molar-refractivity contribution is 0.200. The van der Waals surface area contributed by atoms with Gasteiger partial charge >= 0.3 is 0 Å². The number of anilines is 1. The van der Waals surface area contributed by atoms with Crippen LogP contribution in [0, 0.1) is 25.5 Å². The standard InChI is InChI=1S/C30H29F2N7O/c1-19-15-20(2)25-17-26(30(40)33-27(25)16-19)28(29-34-35-36-39(29)18-21-3-5-22(31)6-4-21)38-13-11-37(12-14-38)24-9-7-23(32)8-10-24/h3-10,15-17,28H,11-14,18H2,1-2H3,(H,33,40). The van der Waals surface area contributed by atoms with Crippen LogP contribution >= 0.6 is 0 Å². The molecule has 1 saturated heterocycles. The second-order valence-electron chi connectivity index (χ2n) is 10.3. The Hall–Kier alpha value is -4.44. The van der Waals surface area contributed by atoms with Crippen LogP contribution < -0.4 is 10.5 Å². The number of fused-ring (bicyclic) bond motifs is 1. The van der Waals surface area contributed by atoms with Gasteiger partial charge in [-0.3, -0.25) is 9.69 Å². The summed E-state index contributed by atoms with van der Waals surface area (Å²) in [5, 5.41) is 13.6. The Balaban J connectivity index is 1.39. The van der Waals surface area contributed by atoms with Crippen molar-refractivity contribution in [2.45, 2.75) is 26.4 Å². The fraction of sp³-hybridized carbons (Fsp3) is 0.267. The third-order valence-corrected chi connectivity index (χ3v) is 7.56. The van der Waals surface area contributed by atoms with E-state index < -0.39 is 6.04 Å². The number of aromatic amines is 1. The summed E-state index contributed by atoms with van der Waals surface area (Å²) >= 11 is 0. The lowest BCUT2D eigenvalue weighted by atomic mass is 9.99. The maximum absolute atomic E-state index is 13.6. The second-order valence-corrected chi connectivity index (χ2v) is 10.3. The van der Waals surface area contributed by atoms with Gasteiger partial charge < -0.3 is 9.88 Å². The minimum atomic E-state index is -0.514. The molecule has 0 spiro atoms. The highest BCUT2D eigenvalue weighted by Gasteiger charge is 2.33. The van der Waals surface area contributed by atoms with Crippen LogP contribution in [0.2, 0.25) is 0 Å². The van der Waals surface area contributed by atoms with Gasteiger partial charge in [0.1, 0.15) is 17.7 Å². The minimum Gasteiger partial charge on any atom is -0.369 e. The molecule has 1 unspecified atom stereocenters. The molecule has 2 aromatic heterocycles. The second kappa shape index (κ2) is 10.6. The van der Waals surface area contributed by atoms with Gasteiger partial charge in [0.2, 0.25) is 0 Å². The summed E-state index contributed by atoms with van der Waals surface area (Å²) in [4.78, 5) is 21.1. The molecule has 6 rings (SSSR count). The summed E-state index contributed by atoms with van der Waals surface area (Å²) < 4.78 is 28.7. The van der Waals surface area contributed by atoms with Crippen molar-refractivity contribution < 1.29 is 8.78 Å². The largest absolute Gasteiger partial charge is 0.369 e. The first-order chi connectivity index (χ1) is 19.4. The van der Waals surface area contributed by atoms with E-state index >= 15 is 0 Å². The summed E-state index contributed by atoms with van der Waals surface area (Å²) in [5.41, 5.74) is 5.09. The first kappa shape index (κ1) is 25.8. The van der Waals surface area contributed by atoms with Gasteiger partial charge in [-0.05, 0) is 89.5 Å². The molecule has 0 aliphatic carbocycles. The van der Waals surface area contributed by atoms with Crippen LogP contribution in [0.3, 0.4) is 0 Å². The number of pyridine rings is 1. The van der Waals surface area contributed by atoms with E-state index in [1.54, 1.807) is 28.9 Å². The van der Waals surface area contributed by atoms with E-state index in [4.69, 9.17) is 0 Å². The summed E-state index contributed by atoms with van der Waals surface area (Å²) in [7, 11) is 0. The molecule has 40 heavy (non-hydrogen) atoms. The summed E-state index contributed by atoms with van der Waals surface area (Å²) in [5.74, 6) is -0.0449. The number of halogens is 2. The number of aromatic nitrogens is 5. The van der Waals surface area contributed by atoms with Gasteiger partial charge in [-0.1, -0.05) is 18.2 Å². The van der Waals surface area contributed by atoms with Gasteiger partial charge in [-0.25, -0.2) is 13.5 Å². The number of benzene rings is 3. The van der Waals surface area contributed by atoms with E-state index in [0.717, 1.165) is 33.3 Å². The molecule has 0 radical (unpaired) electrons. The highest BCUT2D eigenvalue weighted by atomic mass is 19.1. The molecule has 0 bridgehead atoms. The highest BCUT2D eigenvalue weighted by Crippen LogP contribution is 2.30. The van der Waals surface area contributed by atoms with E-state index in [1.165, 1.54) is 24.3 Å². The molecular weight excluding hydrogens is 512 g/mol. The van der Waals surface area contributed by atoms with E-state index in [-0.39, 0.29) is 17.2 Å². The Kier molecular flexibility index (Phi) is 6.85. The quantitative estimate of drug-likeness (QED) is 0.344. The number of piperazine rings is 1. The topological polar surface area (TPSA) is 82.9 Å². The predicted molar refractivity (Wildman–Crippen MR) is 149 cm³/mol. The first-order valence-corrected chi connectivity index (χ1v) is 13.2. The van der Waals surface area contributed by atoms with Crippen molar-refractivity contribution in [2.24, 2.45) is 0 Å². The number of nitrogens with zero attached hydrogens (tertiary/aromatic N) is 6. The van der Waals surface area contributed by atoms with Crippen LogP contribution in [0.25, 0.3) is 10.9 Å². The maximum Gasteiger partial charge on any atom is 0.253 e. The van der Waals surface area contributed by atoms with E-state index in [0.29, 0.717) is 44.1 Å². The molecule has 3 aromatic carbocycles. The van der Waals surface area contributed by atoms with Crippen LogP contribution in [0.4, 0.5) is 14.5 Å². The highest BCUT2D eigenvalue weighted by molar-refractivity contribution is 5.83. The molecule has 1 fully saturated rings. The lowest BCUT2D eigenvalue weighted by Crippen LogP contribution is -2.49. The Morgan fingerprint density at radius 3 is 2.27 bits per heavy atom. The summed E-state index contributed by atoms with van der Waals surface area (Å²) in [6, 6.07) is 18.2. The van der Waals surface area contributed by atoms with Crippen LogP contribution in [0.5, 0.6) is 0 Å². The van der Waals surface area contributed by atoms with Gasteiger partial charge in [0.15, 0.2) is 5.82 Å². The Labute approximate surface area is 229 Å². The zero-order chi connectivity index (χ0) is 27.8. The van der Waals surface area contributed by atoms with Crippen molar-refractivity contribution >= 4 is 16.6 Å². The molecule has 10 heteroatoms. The number of tetrazole rings is 1. The van der Waals surface area contributed by atoms with Crippen LogP contribution in [-0.4, -0.2) is 56.3 Å². The zero-order valence-electron chi connectivity index (χ0n) is 22.3. The predicted octanol–water partition coefficient (Wildman–Crippen LogP) is 4.37. The van der Waals surface area contributed by atoms with E-state index in [2.05, 4.69) is 36.4 Å². The molecule has 0 amide bonds.